The summed E-state index contributed by atoms with van der Waals surface area (Å²) in [7, 11) is 0. The van der Waals surface area contributed by atoms with Crippen LogP contribution in [0.15, 0.2) is 48.5 Å². The van der Waals surface area contributed by atoms with Gasteiger partial charge < -0.3 is 5.32 Å². The van der Waals surface area contributed by atoms with Gasteiger partial charge in [0.15, 0.2) is 0 Å². The van der Waals surface area contributed by atoms with Crippen LogP contribution >= 0.6 is 0 Å². The Morgan fingerprint density at radius 2 is 1.96 bits per heavy atom. The van der Waals surface area contributed by atoms with Gasteiger partial charge in [0.1, 0.15) is 5.82 Å². The maximum atomic E-state index is 13.7. The van der Waals surface area contributed by atoms with E-state index < -0.39 is 0 Å². The summed E-state index contributed by atoms with van der Waals surface area (Å²) in [6, 6.07) is 17.2. The van der Waals surface area contributed by atoms with Gasteiger partial charge in [-0.3, -0.25) is 0 Å². The van der Waals surface area contributed by atoms with Crippen molar-refractivity contribution in [3.8, 4) is 6.07 Å². The number of nitrogens with zero attached hydrogens (tertiary/aromatic N) is 1. The predicted molar refractivity (Wildman–Crippen MR) is 89.6 cm³/mol. The molecule has 0 aromatic heterocycles. The van der Waals surface area contributed by atoms with Crippen LogP contribution in [0.1, 0.15) is 42.4 Å². The van der Waals surface area contributed by atoms with Crippen molar-refractivity contribution in [3.05, 3.63) is 71.0 Å². The minimum Gasteiger partial charge on any atom is -0.314 e. The zero-order chi connectivity index (χ0) is 16.2. The lowest BCUT2D eigenvalue weighted by Gasteiger charge is -2.30. The second-order valence-corrected chi connectivity index (χ2v) is 6.33. The second-order valence-electron chi connectivity index (χ2n) is 6.33. The predicted octanol–water partition coefficient (Wildman–Crippen LogP) is 4.22. The zero-order valence-electron chi connectivity index (χ0n) is 13.3. The van der Waals surface area contributed by atoms with Crippen molar-refractivity contribution < 1.29 is 4.39 Å². The number of benzene rings is 2. The standard InChI is InChI=1S/C20H21FN2/c1-14(19-6-3-11-23-19)20(17-4-2-5-18(21)12-17)16-9-7-15(13-22)8-10-16/h2,4-5,7-10,12,14,19-20,23H,3,6,11H2,1H3/t14-,19+,20+/m0/s1. The lowest BCUT2D eigenvalue weighted by Crippen LogP contribution is -2.33. The van der Waals surface area contributed by atoms with E-state index in [1.807, 2.05) is 30.3 Å². The first-order valence-electron chi connectivity index (χ1n) is 8.18. The van der Waals surface area contributed by atoms with E-state index in [0.29, 0.717) is 17.5 Å². The highest BCUT2D eigenvalue weighted by atomic mass is 19.1. The molecule has 0 spiro atoms. The van der Waals surface area contributed by atoms with Gasteiger partial charge in [-0.25, -0.2) is 4.39 Å². The summed E-state index contributed by atoms with van der Waals surface area (Å²) in [5.41, 5.74) is 2.78. The molecule has 1 aliphatic rings. The van der Waals surface area contributed by atoms with Gasteiger partial charge in [0.25, 0.3) is 0 Å². The Morgan fingerprint density at radius 3 is 2.57 bits per heavy atom. The van der Waals surface area contributed by atoms with Gasteiger partial charge in [0, 0.05) is 12.0 Å². The van der Waals surface area contributed by atoms with Crippen molar-refractivity contribution in [1.29, 1.82) is 5.26 Å². The third-order valence-electron chi connectivity index (χ3n) is 4.87. The molecular weight excluding hydrogens is 287 g/mol. The summed E-state index contributed by atoms with van der Waals surface area (Å²) in [4.78, 5) is 0. The summed E-state index contributed by atoms with van der Waals surface area (Å²) < 4.78 is 13.7. The van der Waals surface area contributed by atoms with Crippen molar-refractivity contribution in [2.45, 2.75) is 31.7 Å². The molecule has 3 atom stereocenters. The molecule has 0 unspecified atom stereocenters. The monoisotopic (exact) mass is 308 g/mol. The molecule has 1 fully saturated rings. The fraction of sp³-hybridized carbons (Fsp3) is 0.350. The minimum atomic E-state index is -0.201. The molecule has 0 radical (unpaired) electrons. The Morgan fingerprint density at radius 1 is 1.17 bits per heavy atom. The minimum absolute atomic E-state index is 0.119. The van der Waals surface area contributed by atoms with Crippen LogP contribution in [0, 0.1) is 23.1 Å². The van der Waals surface area contributed by atoms with Gasteiger partial charge in [0.2, 0.25) is 0 Å². The summed E-state index contributed by atoms with van der Waals surface area (Å²) >= 11 is 0. The summed E-state index contributed by atoms with van der Waals surface area (Å²) in [6.45, 7) is 3.29. The second kappa shape index (κ2) is 6.93. The molecule has 2 nitrogen and oxygen atoms in total. The molecule has 1 aliphatic heterocycles. The molecular formula is C20H21FN2. The number of halogens is 1. The molecule has 1 N–H and O–H groups in total. The third kappa shape index (κ3) is 3.43. The van der Waals surface area contributed by atoms with Gasteiger partial charge >= 0.3 is 0 Å². The van der Waals surface area contributed by atoms with Crippen LogP contribution in [0.25, 0.3) is 0 Å². The van der Waals surface area contributed by atoms with Crippen LogP contribution in [0.5, 0.6) is 0 Å². The number of hydrogen-bond acceptors (Lipinski definition) is 2. The Labute approximate surface area is 137 Å². The molecule has 3 heteroatoms. The highest BCUT2D eigenvalue weighted by Gasteiger charge is 2.30. The average Bonchev–Trinajstić information content (AvgIpc) is 3.10. The largest absolute Gasteiger partial charge is 0.314 e. The third-order valence-corrected chi connectivity index (χ3v) is 4.87. The fourth-order valence-electron chi connectivity index (χ4n) is 3.66. The molecule has 2 aromatic rings. The summed E-state index contributed by atoms with van der Waals surface area (Å²) in [6.07, 6.45) is 2.35. The first-order chi connectivity index (χ1) is 11.2. The molecule has 23 heavy (non-hydrogen) atoms. The van der Waals surface area contributed by atoms with Crippen molar-refractivity contribution in [2.24, 2.45) is 5.92 Å². The lowest BCUT2D eigenvalue weighted by molar-refractivity contribution is 0.381. The van der Waals surface area contributed by atoms with E-state index in [0.717, 1.165) is 24.1 Å². The molecule has 1 heterocycles. The fourth-order valence-corrected chi connectivity index (χ4v) is 3.66. The molecule has 0 bridgehead atoms. The zero-order valence-corrected chi connectivity index (χ0v) is 13.3. The van der Waals surface area contributed by atoms with Gasteiger partial charge in [-0.1, -0.05) is 31.2 Å². The van der Waals surface area contributed by atoms with Crippen molar-refractivity contribution in [2.75, 3.05) is 6.54 Å². The first-order valence-corrected chi connectivity index (χ1v) is 8.18. The van der Waals surface area contributed by atoms with Crippen LogP contribution < -0.4 is 5.32 Å². The molecule has 0 amide bonds. The molecule has 0 aliphatic carbocycles. The topological polar surface area (TPSA) is 35.8 Å². The van der Waals surface area contributed by atoms with Crippen LogP contribution in [0.3, 0.4) is 0 Å². The van der Waals surface area contributed by atoms with Crippen molar-refractivity contribution >= 4 is 0 Å². The van der Waals surface area contributed by atoms with E-state index in [-0.39, 0.29) is 11.7 Å². The number of nitrogens with one attached hydrogen (secondary N) is 1. The van der Waals surface area contributed by atoms with Gasteiger partial charge in [-0.2, -0.15) is 5.26 Å². The molecule has 2 aromatic carbocycles. The van der Waals surface area contributed by atoms with Gasteiger partial charge in [-0.05, 0) is 60.7 Å². The molecule has 0 saturated carbocycles. The Hall–Kier alpha value is -2.18. The van der Waals surface area contributed by atoms with E-state index in [1.54, 1.807) is 12.1 Å². The van der Waals surface area contributed by atoms with E-state index in [4.69, 9.17) is 5.26 Å². The number of hydrogen-bond donors (Lipinski definition) is 1. The summed E-state index contributed by atoms with van der Waals surface area (Å²) in [5, 5.41) is 12.6. The number of nitriles is 1. The van der Waals surface area contributed by atoms with Crippen LogP contribution in [-0.2, 0) is 0 Å². The van der Waals surface area contributed by atoms with Crippen LogP contribution in [0.4, 0.5) is 4.39 Å². The average molecular weight is 308 g/mol. The van der Waals surface area contributed by atoms with Gasteiger partial charge in [-0.15, -0.1) is 0 Å². The van der Waals surface area contributed by atoms with Crippen LogP contribution in [0.2, 0.25) is 0 Å². The quantitative estimate of drug-likeness (QED) is 0.918. The van der Waals surface area contributed by atoms with E-state index in [2.05, 4.69) is 18.3 Å². The van der Waals surface area contributed by atoms with Crippen molar-refractivity contribution in [3.63, 3.8) is 0 Å². The Kier molecular flexibility index (Phi) is 4.73. The van der Waals surface area contributed by atoms with Gasteiger partial charge in [0.05, 0.1) is 11.6 Å². The maximum Gasteiger partial charge on any atom is 0.123 e. The Bertz CT molecular complexity index is 696. The lowest BCUT2D eigenvalue weighted by atomic mass is 9.77. The number of rotatable bonds is 4. The molecule has 118 valence electrons. The summed E-state index contributed by atoms with van der Waals surface area (Å²) in [5.74, 6) is 0.272. The molecule has 3 rings (SSSR count). The van der Waals surface area contributed by atoms with E-state index in [9.17, 15) is 4.39 Å². The van der Waals surface area contributed by atoms with Crippen molar-refractivity contribution in [1.82, 2.24) is 5.32 Å². The first kappa shape index (κ1) is 15.7. The maximum absolute atomic E-state index is 13.7. The SMILES string of the molecule is C[C@H]([C@H](c1ccc(C#N)cc1)c1cccc(F)c1)[C@H]1CCCN1. The highest BCUT2D eigenvalue weighted by Crippen LogP contribution is 2.36. The Balaban J connectivity index is 1.99. The molecule has 1 saturated heterocycles. The van der Waals surface area contributed by atoms with E-state index in [1.165, 1.54) is 12.5 Å². The van der Waals surface area contributed by atoms with E-state index >= 15 is 0 Å². The normalized spacial score (nSPS) is 20.0. The smallest absolute Gasteiger partial charge is 0.123 e. The highest BCUT2D eigenvalue weighted by molar-refractivity contribution is 5.38. The van der Waals surface area contributed by atoms with Crippen LogP contribution in [-0.4, -0.2) is 12.6 Å².